The highest BCUT2D eigenvalue weighted by Gasteiger charge is 2.18. The third-order valence-electron chi connectivity index (χ3n) is 2.02. The Morgan fingerprint density at radius 3 is 2.75 bits per heavy atom. The van der Waals surface area contributed by atoms with Gasteiger partial charge in [-0.3, -0.25) is 0 Å². The Kier molecular flexibility index (Phi) is 4.61. The smallest absolute Gasteiger partial charge is 0.341 e. The van der Waals surface area contributed by atoms with Gasteiger partial charge in [-0.1, -0.05) is 6.92 Å². The highest BCUT2D eigenvalue weighted by molar-refractivity contribution is 9.10. The van der Waals surface area contributed by atoms with Crippen molar-refractivity contribution in [3.05, 3.63) is 22.2 Å². The van der Waals surface area contributed by atoms with E-state index in [4.69, 9.17) is 15.2 Å². The maximum absolute atomic E-state index is 11.7. The number of rotatable bonds is 4. The van der Waals surface area contributed by atoms with Gasteiger partial charge >= 0.3 is 5.97 Å². The first-order valence-electron chi connectivity index (χ1n) is 4.90. The number of nitrogen functional groups attached to an aromatic ring is 1. The number of carbonyl (C=O) groups is 1. The Hall–Kier alpha value is -1.23. The molecule has 0 atom stereocenters. The van der Waals surface area contributed by atoms with Crippen LogP contribution in [0.15, 0.2) is 16.6 Å². The quantitative estimate of drug-likeness (QED) is 0.683. The Balaban J connectivity index is 3.06. The van der Waals surface area contributed by atoms with Crippen LogP contribution < -0.4 is 10.5 Å². The molecule has 16 heavy (non-hydrogen) atoms. The lowest BCUT2D eigenvalue weighted by atomic mass is 10.1. The normalized spacial score (nSPS) is 9.94. The zero-order valence-electron chi connectivity index (χ0n) is 9.25. The lowest BCUT2D eigenvalue weighted by Crippen LogP contribution is -2.10. The van der Waals surface area contributed by atoms with Gasteiger partial charge in [0.25, 0.3) is 0 Å². The van der Waals surface area contributed by atoms with E-state index in [2.05, 4.69) is 15.9 Å². The molecular weight excluding hydrogens is 274 g/mol. The molecule has 0 unspecified atom stereocenters. The predicted octanol–water partition coefficient (Wildman–Crippen LogP) is 2.61. The second kappa shape index (κ2) is 5.75. The van der Waals surface area contributed by atoms with Crippen LogP contribution in [0.5, 0.6) is 5.75 Å². The number of esters is 1. The molecule has 1 aromatic carbocycles. The molecule has 0 aliphatic heterocycles. The summed E-state index contributed by atoms with van der Waals surface area (Å²) in [6.45, 7) is 2.30. The topological polar surface area (TPSA) is 61.5 Å². The summed E-state index contributed by atoms with van der Waals surface area (Å²) in [4.78, 5) is 11.7. The van der Waals surface area contributed by atoms with Gasteiger partial charge in [-0.15, -0.1) is 0 Å². The highest BCUT2D eigenvalue weighted by atomic mass is 79.9. The van der Waals surface area contributed by atoms with E-state index >= 15 is 0 Å². The van der Waals surface area contributed by atoms with E-state index in [0.717, 1.165) is 6.42 Å². The highest BCUT2D eigenvalue weighted by Crippen LogP contribution is 2.31. The summed E-state index contributed by atoms with van der Waals surface area (Å²) in [6, 6.07) is 3.40. The van der Waals surface area contributed by atoms with Crippen molar-refractivity contribution in [3.63, 3.8) is 0 Å². The van der Waals surface area contributed by atoms with E-state index in [1.165, 1.54) is 7.11 Å². The maximum atomic E-state index is 11.7. The summed E-state index contributed by atoms with van der Waals surface area (Å²) in [5.74, 6) is 0.0248. The first-order valence-corrected chi connectivity index (χ1v) is 5.70. The van der Waals surface area contributed by atoms with Gasteiger partial charge in [-0.2, -0.15) is 0 Å². The first kappa shape index (κ1) is 12.8. The first-order chi connectivity index (χ1) is 7.61. The van der Waals surface area contributed by atoms with E-state index in [-0.39, 0.29) is 5.69 Å². The van der Waals surface area contributed by atoms with Crippen molar-refractivity contribution < 1.29 is 14.3 Å². The lowest BCUT2D eigenvalue weighted by Gasteiger charge is -2.11. The standard InChI is InChI=1S/C11H14BrNO3/c1-3-6-16-11(14)9-7(12)4-5-8(15-2)10(9)13/h4-5H,3,6,13H2,1-2H3. The fraction of sp³-hybridized carbons (Fsp3) is 0.364. The summed E-state index contributed by atoms with van der Waals surface area (Å²) in [5.41, 5.74) is 6.41. The van der Waals surface area contributed by atoms with Crippen molar-refractivity contribution in [3.8, 4) is 5.75 Å². The number of nitrogens with two attached hydrogens (primary N) is 1. The fourth-order valence-electron chi connectivity index (χ4n) is 1.23. The minimum atomic E-state index is -0.440. The predicted molar refractivity (Wildman–Crippen MR) is 65.7 cm³/mol. The molecule has 0 spiro atoms. The van der Waals surface area contributed by atoms with Gasteiger partial charge in [-0.25, -0.2) is 4.79 Å². The minimum absolute atomic E-state index is 0.290. The van der Waals surface area contributed by atoms with Gasteiger partial charge in [0.15, 0.2) is 0 Å². The maximum Gasteiger partial charge on any atom is 0.341 e. The van der Waals surface area contributed by atoms with Crippen molar-refractivity contribution in [1.82, 2.24) is 0 Å². The van der Waals surface area contributed by atoms with Crippen LogP contribution in [-0.4, -0.2) is 19.7 Å². The molecule has 0 bridgehead atoms. The molecule has 1 aromatic rings. The van der Waals surface area contributed by atoms with Crippen LogP contribution in [0.1, 0.15) is 23.7 Å². The molecular formula is C11H14BrNO3. The van der Waals surface area contributed by atoms with Crippen LogP contribution in [0.25, 0.3) is 0 Å². The number of anilines is 1. The van der Waals surface area contributed by atoms with E-state index < -0.39 is 5.97 Å². The second-order valence-electron chi connectivity index (χ2n) is 3.17. The number of hydrogen-bond donors (Lipinski definition) is 1. The average molecular weight is 288 g/mol. The number of carbonyl (C=O) groups excluding carboxylic acids is 1. The number of methoxy groups -OCH3 is 1. The fourth-order valence-corrected chi connectivity index (χ4v) is 1.73. The molecule has 0 heterocycles. The number of halogens is 1. The largest absolute Gasteiger partial charge is 0.495 e. The molecule has 2 N–H and O–H groups in total. The molecule has 0 saturated carbocycles. The van der Waals surface area contributed by atoms with Crippen molar-refractivity contribution in [2.24, 2.45) is 0 Å². The zero-order chi connectivity index (χ0) is 12.1. The van der Waals surface area contributed by atoms with Gasteiger partial charge in [0.1, 0.15) is 11.3 Å². The van der Waals surface area contributed by atoms with Gasteiger partial charge in [0.2, 0.25) is 0 Å². The van der Waals surface area contributed by atoms with E-state index in [0.29, 0.717) is 22.4 Å². The van der Waals surface area contributed by atoms with Gasteiger partial charge in [0.05, 0.1) is 19.4 Å². The van der Waals surface area contributed by atoms with Crippen LogP contribution >= 0.6 is 15.9 Å². The van der Waals surface area contributed by atoms with Crippen LogP contribution in [0, 0.1) is 0 Å². The van der Waals surface area contributed by atoms with Gasteiger partial charge < -0.3 is 15.2 Å². The summed E-state index contributed by atoms with van der Waals surface area (Å²) >= 11 is 3.27. The Morgan fingerprint density at radius 2 is 2.19 bits per heavy atom. The lowest BCUT2D eigenvalue weighted by molar-refractivity contribution is 0.0505. The van der Waals surface area contributed by atoms with E-state index in [9.17, 15) is 4.79 Å². The third kappa shape index (κ3) is 2.66. The van der Waals surface area contributed by atoms with Crippen LogP contribution in [0.3, 0.4) is 0 Å². The molecule has 0 radical (unpaired) electrons. The summed E-state index contributed by atoms with van der Waals surface area (Å²) < 4.78 is 10.7. The second-order valence-corrected chi connectivity index (χ2v) is 4.03. The van der Waals surface area contributed by atoms with Crippen LogP contribution in [0.2, 0.25) is 0 Å². The Bertz CT molecular complexity index is 393. The summed E-state index contributed by atoms with van der Waals surface area (Å²) in [6.07, 6.45) is 0.771. The number of ether oxygens (including phenoxy) is 2. The Labute approximate surface area is 103 Å². The third-order valence-corrected chi connectivity index (χ3v) is 2.68. The molecule has 0 fully saturated rings. The Morgan fingerprint density at radius 1 is 1.50 bits per heavy atom. The molecule has 0 saturated heterocycles. The molecule has 0 aromatic heterocycles. The molecule has 5 heteroatoms. The van der Waals surface area contributed by atoms with Crippen LogP contribution in [0.4, 0.5) is 5.69 Å². The van der Waals surface area contributed by atoms with Crippen molar-refractivity contribution in [2.45, 2.75) is 13.3 Å². The molecule has 88 valence electrons. The van der Waals surface area contributed by atoms with Gasteiger partial charge in [-0.05, 0) is 34.5 Å². The van der Waals surface area contributed by atoms with Crippen molar-refractivity contribution in [2.75, 3.05) is 19.5 Å². The monoisotopic (exact) mass is 287 g/mol. The minimum Gasteiger partial charge on any atom is -0.495 e. The van der Waals surface area contributed by atoms with E-state index in [1.807, 2.05) is 6.92 Å². The molecule has 0 aliphatic carbocycles. The van der Waals surface area contributed by atoms with Crippen molar-refractivity contribution >= 4 is 27.6 Å². The van der Waals surface area contributed by atoms with Crippen molar-refractivity contribution in [1.29, 1.82) is 0 Å². The number of benzene rings is 1. The number of hydrogen-bond acceptors (Lipinski definition) is 4. The summed E-state index contributed by atoms with van der Waals surface area (Å²) in [5, 5.41) is 0. The molecule has 1 rings (SSSR count). The molecule has 0 amide bonds. The average Bonchev–Trinajstić information content (AvgIpc) is 2.26. The zero-order valence-corrected chi connectivity index (χ0v) is 10.8. The summed E-state index contributed by atoms with van der Waals surface area (Å²) in [7, 11) is 1.50. The van der Waals surface area contributed by atoms with Crippen LogP contribution in [-0.2, 0) is 4.74 Å². The van der Waals surface area contributed by atoms with E-state index in [1.54, 1.807) is 12.1 Å². The van der Waals surface area contributed by atoms with Gasteiger partial charge in [0, 0.05) is 4.47 Å². The molecule has 0 aliphatic rings. The SMILES string of the molecule is CCCOC(=O)c1c(Br)ccc(OC)c1N. The molecule has 4 nitrogen and oxygen atoms in total.